The lowest BCUT2D eigenvalue weighted by Gasteiger charge is -2.38. The Balaban J connectivity index is 1.45. The summed E-state index contributed by atoms with van der Waals surface area (Å²) in [7, 11) is 1.53. The second-order valence-corrected chi connectivity index (χ2v) is 13.3. The zero-order valence-electron chi connectivity index (χ0n) is 24.4. The zero-order valence-corrected chi connectivity index (χ0v) is 25.2. The van der Waals surface area contributed by atoms with E-state index in [2.05, 4.69) is 9.97 Å². The van der Waals surface area contributed by atoms with Crippen molar-refractivity contribution in [1.29, 1.82) is 5.26 Å². The van der Waals surface area contributed by atoms with E-state index in [9.17, 15) is 31.6 Å². The maximum atomic E-state index is 16.8. The lowest BCUT2D eigenvalue weighted by Crippen LogP contribution is -2.44. The minimum absolute atomic E-state index is 0.0224. The monoisotopic (exact) mass is 664 g/mol. The molecule has 7 nitrogen and oxygen atoms in total. The van der Waals surface area contributed by atoms with Crippen LogP contribution < -0.4 is 15.4 Å². The van der Waals surface area contributed by atoms with Gasteiger partial charge in [-0.3, -0.25) is 4.90 Å². The van der Waals surface area contributed by atoms with Crippen LogP contribution in [0.25, 0.3) is 32.1 Å². The van der Waals surface area contributed by atoms with E-state index in [-0.39, 0.29) is 75.8 Å². The van der Waals surface area contributed by atoms with E-state index in [0.29, 0.717) is 30.4 Å². The molecule has 242 valence electrons. The molecular formula is C31H27F7N6OS. The molecule has 0 unspecified atom stereocenters. The smallest absolute Gasteiger partial charge is 0.417 e. The molecular weight excluding hydrogens is 637 g/mol. The minimum atomic E-state index is -5.11. The van der Waals surface area contributed by atoms with Crippen LogP contribution in [0, 0.1) is 23.0 Å². The number of rotatable bonds is 6. The summed E-state index contributed by atoms with van der Waals surface area (Å²) in [5.74, 6) is -2.32. The first-order chi connectivity index (χ1) is 21.8. The molecule has 2 aromatic heterocycles. The van der Waals surface area contributed by atoms with E-state index in [1.165, 1.54) is 11.9 Å². The molecule has 2 aliphatic heterocycles. The van der Waals surface area contributed by atoms with Crippen molar-refractivity contribution in [3.05, 3.63) is 41.0 Å². The third kappa shape index (κ3) is 4.79. The van der Waals surface area contributed by atoms with E-state index >= 15 is 4.39 Å². The fourth-order valence-corrected chi connectivity index (χ4v) is 8.13. The highest BCUT2D eigenvalue weighted by atomic mass is 32.1. The summed E-state index contributed by atoms with van der Waals surface area (Å²) in [4.78, 5) is 12.1. The molecule has 2 atom stereocenters. The van der Waals surface area contributed by atoms with Crippen LogP contribution in [0.5, 0.6) is 6.01 Å². The Morgan fingerprint density at radius 1 is 1.20 bits per heavy atom. The first-order valence-electron chi connectivity index (χ1n) is 14.7. The van der Waals surface area contributed by atoms with Gasteiger partial charge in [0.25, 0.3) is 0 Å². The molecule has 4 aromatic rings. The third-order valence-corrected chi connectivity index (χ3v) is 10.6. The van der Waals surface area contributed by atoms with Crippen LogP contribution in [-0.2, 0) is 6.18 Å². The van der Waals surface area contributed by atoms with Crippen molar-refractivity contribution >= 4 is 43.1 Å². The highest BCUT2D eigenvalue weighted by molar-refractivity contribution is 7.23. The summed E-state index contributed by atoms with van der Waals surface area (Å²) in [6, 6.07) is 3.63. The second-order valence-electron chi connectivity index (χ2n) is 12.3. The average Bonchev–Trinajstić information content (AvgIpc) is 3.63. The number of anilines is 2. The van der Waals surface area contributed by atoms with Crippen molar-refractivity contribution in [2.75, 3.05) is 37.4 Å². The van der Waals surface area contributed by atoms with Gasteiger partial charge in [-0.1, -0.05) is 6.07 Å². The predicted octanol–water partition coefficient (Wildman–Crippen LogP) is 7.15. The van der Waals surface area contributed by atoms with Crippen LogP contribution in [0.3, 0.4) is 0 Å². The molecule has 2 N–H and O–H groups in total. The standard InChI is InChI=1S/C31H27F7N6OS/c1-43(16-7-14(32)8-16)28-18-9-20(31(36,37)38)23(17-3-4-21(34)26-22(17)19(11-39)27(40)46-26)24(35)25(18)41-29(42-28)45-13-30-5-2-6-44(30)12-15(33)10-30/h3-4,9,14-16H,2,5-8,10,12-13,40H2,1H3/t14?,15-,16?,30+/m1/s1. The van der Waals surface area contributed by atoms with Crippen molar-refractivity contribution in [3.63, 3.8) is 0 Å². The van der Waals surface area contributed by atoms with Crippen molar-refractivity contribution in [3.8, 4) is 23.2 Å². The van der Waals surface area contributed by atoms with Gasteiger partial charge in [-0.15, -0.1) is 11.3 Å². The van der Waals surface area contributed by atoms with Gasteiger partial charge in [-0.25, -0.2) is 17.6 Å². The average molecular weight is 665 g/mol. The Bertz CT molecular complexity index is 1920. The van der Waals surface area contributed by atoms with Crippen LogP contribution in [0.1, 0.15) is 43.2 Å². The van der Waals surface area contributed by atoms with E-state index in [1.807, 2.05) is 4.90 Å². The van der Waals surface area contributed by atoms with Gasteiger partial charge >= 0.3 is 12.2 Å². The van der Waals surface area contributed by atoms with Crippen LogP contribution in [0.15, 0.2) is 18.2 Å². The molecule has 3 aliphatic rings. The van der Waals surface area contributed by atoms with Gasteiger partial charge in [0.05, 0.1) is 21.4 Å². The Labute approximate surface area is 262 Å². The fraction of sp³-hybridized carbons (Fsp3) is 0.452. The van der Waals surface area contributed by atoms with Gasteiger partial charge in [0.2, 0.25) is 0 Å². The summed E-state index contributed by atoms with van der Waals surface area (Å²) >= 11 is 0.671. The van der Waals surface area contributed by atoms with Gasteiger partial charge in [0, 0.05) is 42.4 Å². The molecule has 7 rings (SSSR count). The highest BCUT2D eigenvalue weighted by Gasteiger charge is 2.49. The van der Waals surface area contributed by atoms with Crippen LogP contribution in [0.2, 0.25) is 0 Å². The van der Waals surface area contributed by atoms with E-state index in [1.54, 1.807) is 6.07 Å². The molecule has 0 spiro atoms. The number of ether oxygens (including phenoxy) is 1. The topological polar surface area (TPSA) is 91.3 Å². The Morgan fingerprint density at radius 2 is 1.96 bits per heavy atom. The summed E-state index contributed by atoms with van der Waals surface area (Å²) in [6.45, 7) is 0.917. The second kappa shape index (κ2) is 10.8. The van der Waals surface area contributed by atoms with E-state index in [0.717, 1.165) is 18.6 Å². The number of hydrogen-bond donors (Lipinski definition) is 1. The van der Waals surface area contributed by atoms with Gasteiger partial charge in [0.15, 0.2) is 5.82 Å². The number of nitrogen functional groups attached to an aromatic ring is 1. The van der Waals surface area contributed by atoms with Crippen LogP contribution in [0.4, 0.5) is 41.6 Å². The summed E-state index contributed by atoms with van der Waals surface area (Å²) in [6.07, 6.45) is -5.33. The van der Waals surface area contributed by atoms with Gasteiger partial charge < -0.3 is 15.4 Å². The molecule has 15 heteroatoms. The molecule has 4 heterocycles. The van der Waals surface area contributed by atoms with Crippen molar-refractivity contribution in [1.82, 2.24) is 14.9 Å². The maximum Gasteiger partial charge on any atom is 0.417 e. The molecule has 2 saturated heterocycles. The normalized spacial score (nSPS) is 24.7. The molecule has 0 radical (unpaired) electrons. The lowest BCUT2D eigenvalue weighted by atomic mass is 9.89. The molecule has 1 aliphatic carbocycles. The number of nitriles is 1. The largest absolute Gasteiger partial charge is 0.461 e. The molecule has 3 fully saturated rings. The van der Waals surface area contributed by atoms with Crippen molar-refractivity contribution in [2.24, 2.45) is 0 Å². The number of nitrogens with zero attached hydrogens (tertiary/aromatic N) is 5. The number of aromatic nitrogens is 2. The highest BCUT2D eigenvalue weighted by Crippen LogP contribution is 2.48. The number of hydrogen-bond acceptors (Lipinski definition) is 8. The fourth-order valence-electron chi connectivity index (χ4n) is 7.18. The Morgan fingerprint density at radius 3 is 2.65 bits per heavy atom. The van der Waals surface area contributed by atoms with Crippen molar-refractivity contribution in [2.45, 2.75) is 62.2 Å². The van der Waals surface area contributed by atoms with Crippen LogP contribution in [-0.4, -0.2) is 65.5 Å². The molecule has 46 heavy (non-hydrogen) atoms. The molecule has 0 amide bonds. The number of nitrogens with two attached hydrogens (primary N) is 1. The SMILES string of the molecule is CN(c1nc(OC[C@@]23CCCN2C[C@H](F)C3)nc2c(F)c(-c3ccc(F)c4sc(N)c(C#N)c34)c(C(F)(F)F)cc12)C1CC(F)C1. The van der Waals surface area contributed by atoms with Gasteiger partial charge in [0.1, 0.15) is 47.2 Å². The molecule has 2 aromatic carbocycles. The molecule has 1 saturated carbocycles. The van der Waals surface area contributed by atoms with Crippen molar-refractivity contribution < 1.29 is 35.5 Å². The van der Waals surface area contributed by atoms with E-state index < -0.39 is 58.4 Å². The summed E-state index contributed by atoms with van der Waals surface area (Å²) in [5, 5.41) is 9.07. The maximum absolute atomic E-state index is 16.8. The zero-order chi connectivity index (χ0) is 32.7. The first-order valence-corrected chi connectivity index (χ1v) is 15.5. The van der Waals surface area contributed by atoms with E-state index in [4.69, 9.17) is 10.5 Å². The number of fused-ring (bicyclic) bond motifs is 3. The summed E-state index contributed by atoms with van der Waals surface area (Å²) < 4.78 is 110. The number of alkyl halides is 5. The number of halogens is 7. The Kier molecular flexibility index (Phi) is 7.24. The van der Waals surface area contributed by atoms with Gasteiger partial charge in [-0.05, 0) is 49.9 Å². The van der Waals surface area contributed by atoms with Gasteiger partial charge in [-0.2, -0.15) is 28.4 Å². The Hall–Kier alpha value is -3.90. The number of benzene rings is 2. The van der Waals surface area contributed by atoms with Crippen LogP contribution >= 0.6 is 11.3 Å². The summed E-state index contributed by atoms with van der Waals surface area (Å²) in [5.41, 5.74) is 1.78. The first kappa shape index (κ1) is 30.7. The molecule has 0 bridgehead atoms. The quantitative estimate of drug-likeness (QED) is 0.219. The number of thiophene rings is 1. The third-order valence-electron chi connectivity index (χ3n) is 9.56. The lowest BCUT2D eigenvalue weighted by molar-refractivity contribution is -0.137. The predicted molar refractivity (Wildman–Crippen MR) is 159 cm³/mol. The minimum Gasteiger partial charge on any atom is -0.461 e.